The first-order valence-corrected chi connectivity index (χ1v) is 7.31. The quantitative estimate of drug-likeness (QED) is 0.815. The highest BCUT2D eigenvalue weighted by Gasteiger charge is 2.35. The molecule has 0 radical (unpaired) electrons. The lowest BCUT2D eigenvalue weighted by molar-refractivity contribution is -0.132. The van der Waals surface area contributed by atoms with Crippen molar-refractivity contribution in [2.75, 3.05) is 0 Å². The third-order valence-electron chi connectivity index (χ3n) is 3.39. The fourth-order valence-electron chi connectivity index (χ4n) is 2.45. The van der Waals surface area contributed by atoms with Gasteiger partial charge >= 0.3 is 0 Å². The Labute approximate surface area is 119 Å². The summed E-state index contributed by atoms with van der Waals surface area (Å²) >= 11 is 7.21. The van der Waals surface area contributed by atoms with Crippen LogP contribution in [0.2, 0.25) is 0 Å². The van der Waals surface area contributed by atoms with Crippen molar-refractivity contribution in [1.29, 1.82) is 0 Å². The van der Waals surface area contributed by atoms with Crippen molar-refractivity contribution < 1.29 is 9.59 Å². The van der Waals surface area contributed by atoms with Crippen LogP contribution in [-0.4, -0.2) is 22.1 Å². The highest BCUT2D eigenvalue weighted by Crippen LogP contribution is 2.29. The predicted octanol–water partition coefficient (Wildman–Crippen LogP) is 3.16. The van der Waals surface area contributed by atoms with E-state index in [4.69, 9.17) is 11.6 Å². The Bertz CT molecular complexity index is 619. The summed E-state index contributed by atoms with van der Waals surface area (Å²) in [5.41, 5.74) is 0. The monoisotopic (exact) mass is 293 g/mol. The number of amides is 1. The van der Waals surface area contributed by atoms with E-state index in [-0.39, 0.29) is 5.91 Å². The Morgan fingerprint density at radius 1 is 1.42 bits per heavy atom. The first-order chi connectivity index (χ1) is 9.15. The van der Waals surface area contributed by atoms with E-state index in [1.165, 1.54) is 10.1 Å². The Kier molecular flexibility index (Phi) is 3.29. The summed E-state index contributed by atoms with van der Waals surface area (Å²) < 4.78 is 1.19. The van der Waals surface area contributed by atoms with Gasteiger partial charge in [0.1, 0.15) is 6.04 Å². The molecule has 0 N–H and O–H groups in total. The van der Waals surface area contributed by atoms with Crippen molar-refractivity contribution in [1.82, 2.24) is 4.90 Å². The van der Waals surface area contributed by atoms with Gasteiger partial charge < -0.3 is 4.90 Å². The molecule has 1 amide bonds. The van der Waals surface area contributed by atoms with Gasteiger partial charge in [-0.15, -0.1) is 11.3 Å². The van der Waals surface area contributed by atoms with Crippen molar-refractivity contribution in [3.05, 3.63) is 35.2 Å². The lowest BCUT2D eigenvalue weighted by Gasteiger charge is -2.20. The van der Waals surface area contributed by atoms with Crippen molar-refractivity contribution >= 4 is 44.2 Å². The number of fused-ring (bicyclic) bond motifs is 1. The van der Waals surface area contributed by atoms with Gasteiger partial charge in [-0.3, -0.25) is 9.59 Å². The van der Waals surface area contributed by atoms with Gasteiger partial charge in [-0.1, -0.05) is 18.2 Å². The van der Waals surface area contributed by atoms with E-state index in [0.29, 0.717) is 19.4 Å². The molecule has 1 aliphatic heterocycles. The van der Waals surface area contributed by atoms with E-state index in [9.17, 15) is 9.59 Å². The lowest BCUT2D eigenvalue weighted by atomic mass is 10.2. The number of carbonyl (C=O) groups excluding carboxylic acids is 2. The van der Waals surface area contributed by atoms with E-state index in [0.717, 1.165) is 4.88 Å². The zero-order valence-electron chi connectivity index (χ0n) is 10.1. The first-order valence-electron chi connectivity index (χ1n) is 6.11. The van der Waals surface area contributed by atoms with Crippen LogP contribution < -0.4 is 0 Å². The Morgan fingerprint density at radius 3 is 2.95 bits per heavy atom. The predicted molar refractivity (Wildman–Crippen MR) is 76.3 cm³/mol. The Hall–Kier alpha value is -1.39. The van der Waals surface area contributed by atoms with Gasteiger partial charge in [-0.05, 0) is 35.5 Å². The summed E-state index contributed by atoms with van der Waals surface area (Å²) in [6.07, 6.45) is 0.945. The average Bonchev–Trinajstić information content (AvgIpc) is 2.94. The second-order valence-electron chi connectivity index (χ2n) is 4.63. The molecule has 1 atom stereocenters. The molecule has 2 aromatic rings. The average molecular weight is 294 g/mol. The van der Waals surface area contributed by atoms with Crippen molar-refractivity contribution in [2.24, 2.45) is 0 Å². The molecular formula is C14H12ClNO2S. The van der Waals surface area contributed by atoms with E-state index < -0.39 is 11.3 Å². The van der Waals surface area contributed by atoms with Gasteiger partial charge in [0.15, 0.2) is 0 Å². The third kappa shape index (κ3) is 2.38. The molecule has 0 bridgehead atoms. The molecule has 2 heterocycles. The maximum absolute atomic E-state index is 11.8. The SMILES string of the molecule is O=C(Cl)C1CCC(=O)N1Cc1cc2ccccc2s1. The van der Waals surface area contributed by atoms with E-state index in [1.807, 2.05) is 18.2 Å². The van der Waals surface area contributed by atoms with Crippen molar-refractivity contribution in [3.63, 3.8) is 0 Å². The molecular weight excluding hydrogens is 282 g/mol. The smallest absolute Gasteiger partial charge is 0.244 e. The van der Waals surface area contributed by atoms with Crippen molar-refractivity contribution in [3.8, 4) is 0 Å². The molecule has 3 rings (SSSR count). The Balaban J connectivity index is 1.87. The molecule has 1 unspecified atom stereocenters. The standard InChI is InChI=1S/C14H12ClNO2S/c15-14(18)11-5-6-13(17)16(11)8-10-7-9-3-1-2-4-12(9)19-10/h1-4,7,11H,5-6,8H2. The normalized spacial score (nSPS) is 19.3. The molecule has 1 aliphatic rings. The zero-order valence-corrected chi connectivity index (χ0v) is 11.7. The molecule has 1 fully saturated rings. The molecule has 98 valence electrons. The molecule has 19 heavy (non-hydrogen) atoms. The summed E-state index contributed by atoms with van der Waals surface area (Å²) in [5, 5.41) is 0.731. The number of benzene rings is 1. The van der Waals surface area contributed by atoms with Crippen LogP contribution in [0.1, 0.15) is 17.7 Å². The third-order valence-corrected chi connectivity index (χ3v) is 4.75. The van der Waals surface area contributed by atoms with Crippen LogP contribution in [0.3, 0.4) is 0 Å². The molecule has 0 aliphatic carbocycles. The number of likely N-dealkylation sites (tertiary alicyclic amines) is 1. The summed E-state index contributed by atoms with van der Waals surface area (Å²) in [7, 11) is 0. The summed E-state index contributed by atoms with van der Waals surface area (Å²) in [6.45, 7) is 0.474. The van der Waals surface area contributed by atoms with Crippen LogP contribution in [0.4, 0.5) is 0 Å². The highest BCUT2D eigenvalue weighted by molar-refractivity contribution is 7.19. The molecule has 5 heteroatoms. The maximum Gasteiger partial charge on any atom is 0.244 e. The number of rotatable bonds is 3. The lowest BCUT2D eigenvalue weighted by Crippen LogP contribution is -2.35. The van der Waals surface area contributed by atoms with Gasteiger partial charge in [0.2, 0.25) is 11.1 Å². The van der Waals surface area contributed by atoms with Crippen LogP contribution in [0.25, 0.3) is 10.1 Å². The molecule has 0 spiro atoms. The van der Waals surface area contributed by atoms with E-state index >= 15 is 0 Å². The number of nitrogens with zero attached hydrogens (tertiary/aromatic N) is 1. The van der Waals surface area contributed by atoms with E-state index in [2.05, 4.69) is 12.1 Å². The van der Waals surface area contributed by atoms with Gasteiger partial charge in [-0.25, -0.2) is 0 Å². The topological polar surface area (TPSA) is 37.4 Å². The minimum Gasteiger partial charge on any atom is -0.326 e. The van der Waals surface area contributed by atoms with Gasteiger partial charge in [0.05, 0.1) is 6.54 Å². The summed E-state index contributed by atoms with van der Waals surface area (Å²) in [6, 6.07) is 9.70. The molecule has 3 nitrogen and oxygen atoms in total. The summed E-state index contributed by atoms with van der Waals surface area (Å²) in [4.78, 5) is 25.8. The minimum absolute atomic E-state index is 0.0106. The number of hydrogen-bond donors (Lipinski definition) is 0. The minimum atomic E-state index is -0.459. The van der Waals surface area contributed by atoms with Crippen LogP contribution in [0.15, 0.2) is 30.3 Å². The Morgan fingerprint density at radius 2 is 2.21 bits per heavy atom. The molecule has 1 saturated heterocycles. The number of hydrogen-bond acceptors (Lipinski definition) is 3. The molecule has 1 aromatic carbocycles. The summed E-state index contributed by atoms with van der Waals surface area (Å²) in [5.74, 6) is 0.0106. The zero-order chi connectivity index (χ0) is 13.4. The number of halogens is 1. The highest BCUT2D eigenvalue weighted by atomic mass is 35.5. The molecule has 0 saturated carbocycles. The van der Waals surface area contributed by atoms with Crippen LogP contribution in [-0.2, 0) is 16.1 Å². The van der Waals surface area contributed by atoms with Gasteiger partial charge in [-0.2, -0.15) is 0 Å². The van der Waals surface area contributed by atoms with E-state index in [1.54, 1.807) is 16.2 Å². The van der Waals surface area contributed by atoms with Crippen molar-refractivity contribution in [2.45, 2.75) is 25.4 Å². The van der Waals surface area contributed by atoms with Crippen LogP contribution in [0, 0.1) is 0 Å². The first kappa shape index (κ1) is 12.6. The fraction of sp³-hybridized carbons (Fsp3) is 0.286. The van der Waals surface area contributed by atoms with Gasteiger partial charge in [0.25, 0.3) is 0 Å². The maximum atomic E-state index is 11.8. The van der Waals surface area contributed by atoms with Crippen LogP contribution >= 0.6 is 22.9 Å². The second kappa shape index (κ2) is 4.94. The van der Waals surface area contributed by atoms with Crippen LogP contribution in [0.5, 0.6) is 0 Å². The number of carbonyl (C=O) groups is 2. The fourth-order valence-corrected chi connectivity index (χ4v) is 3.74. The second-order valence-corrected chi connectivity index (χ2v) is 6.17. The number of thiophene rings is 1. The molecule has 1 aromatic heterocycles. The largest absolute Gasteiger partial charge is 0.326 e. The van der Waals surface area contributed by atoms with Gasteiger partial charge in [0, 0.05) is 16.0 Å².